The molecule has 1 aliphatic rings. The lowest BCUT2D eigenvalue weighted by molar-refractivity contribution is 0.171. The Morgan fingerprint density at radius 3 is 2.54 bits per heavy atom. The quantitative estimate of drug-likeness (QED) is 0.587. The van der Waals surface area contributed by atoms with Crippen LogP contribution in [0.25, 0.3) is 0 Å². The van der Waals surface area contributed by atoms with E-state index in [1.165, 1.54) is 0 Å². The van der Waals surface area contributed by atoms with Gasteiger partial charge in [0.2, 0.25) is 0 Å². The molecule has 0 aromatic heterocycles. The molecule has 0 fully saturated rings. The number of methoxy groups -OCH3 is 1. The molecule has 0 saturated carbocycles. The zero-order chi connectivity index (χ0) is 19.2. The molecule has 2 aromatic carbocycles. The van der Waals surface area contributed by atoms with Gasteiger partial charge in [0, 0.05) is 6.54 Å². The van der Waals surface area contributed by atoms with Gasteiger partial charge < -0.3 is 24.3 Å². The van der Waals surface area contributed by atoms with Crippen molar-refractivity contribution in [2.75, 3.05) is 26.9 Å². The first-order valence-electron chi connectivity index (χ1n) is 9.15. The summed E-state index contributed by atoms with van der Waals surface area (Å²) in [6.07, 6.45) is 0. The van der Waals surface area contributed by atoms with Crippen molar-refractivity contribution in [2.45, 2.75) is 27.0 Å². The van der Waals surface area contributed by atoms with Crippen LogP contribution in [0.2, 0.25) is 0 Å². The zero-order valence-corrected chi connectivity index (χ0v) is 18.8. The minimum Gasteiger partial charge on any atom is -0.493 e. The first-order valence-corrected chi connectivity index (χ1v) is 9.94. The molecule has 2 aromatic rings. The van der Waals surface area contributed by atoms with E-state index >= 15 is 0 Å². The Bertz CT molecular complexity index is 785. The molecule has 0 aliphatic carbocycles. The van der Waals surface area contributed by atoms with Crippen molar-refractivity contribution in [3.05, 3.63) is 45.9 Å². The van der Waals surface area contributed by atoms with Crippen LogP contribution in [0.15, 0.2) is 34.8 Å². The van der Waals surface area contributed by atoms with E-state index in [-0.39, 0.29) is 12.4 Å². The second kappa shape index (κ2) is 10.8. The number of hydrogen-bond donors (Lipinski definition) is 1. The molecule has 5 nitrogen and oxygen atoms in total. The molecule has 154 valence electrons. The van der Waals surface area contributed by atoms with Crippen LogP contribution in [-0.2, 0) is 13.2 Å². The molecule has 7 heteroatoms. The zero-order valence-electron chi connectivity index (χ0n) is 16.4. The van der Waals surface area contributed by atoms with E-state index in [0.29, 0.717) is 37.2 Å². The average Bonchev–Trinajstić information content (AvgIpc) is 2.66. The van der Waals surface area contributed by atoms with Crippen molar-refractivity contribution in [3.63, 3.8) is 0 Å². The molecule has 3 rings (SSSR count). The highest BCUT2D eigenvalue weighted by atomic mass is 79.9. The second-order valence-electron chi connectivity index (χ2n) is 6.90. The summed E-state index contributed by atoms with van der Waals surface area (Å²) in [5.41, 5.74) is 2.15. The van der Waals surface area contributed by atoms with E-state index in [2.05, 4.69) is 41.2 Å². The lowest BCUT2D eigenvalue weighted by atomic mass is 10.1. The molecule has 0 unspecified atom stereocenters. The summed E-state index contributed by atoms with van der Waals surface area (Å²) in [5.74, 6) is 3.56. The van der Waals surface area contributed by atoms with Crippen molar-refractivity contribution in [1.82, 2.24) is 5.32 Å². The standard InChI is InChI=1S/C21H26BrNO4.ClH/c1-14(2)11-23-12-16-8-17(22)21(20(10-16)24-3)27-13-15-4-5-18-19(9-15)26-7-6-25-18;/h4-5,8-10,14,23H,6-7,11-13H2,1-3H3;1H. The van der Waals surface area contributed by atoms with Gasteiger partial charge in [-0.3, -0.25) is 0 Å². The van der Waals surface area contributed by atoms with Gasteiger partial charge in [-0.15, -0.1) is 12.4 Å². The molecule has 1 N–H and O–H groups in total. The predicted octanol–water partition coefficient (Wildman–Crippen LogP) is 4.98. The molecule has 0 spiro atoms. The lowest BCUT2D eigenvalue weighted by Gasteiger charge is -2.19. The van der Waals surface area contributed by atoms with Crippen LogP contribution in [0.4, 0.5) is 0 Å². The fourth-order valence-electron chi connectivity index (χ4n) is 2.85. The minimum atomic E-state index is 0. The van der Waals surface area contributed by atoms with E-state index in [0.717, 1.165) is 40.2 Å². The SMILES string of the molecule is COc1cc(CNCC(C)C)cc(Br)c1OCc1ccc2c(c1)OCCO2.Cl. The van der Waals surface area contributed by atoms with Crippen LogP contribution in [0.3, 0.4) is 0 Å². The van der Waals surface area contributed by atoms with Crippen molar-refractivity contribution in [1.29, 1.82) is 0 Å². The third kappa shape index (κ3) is 5.93. The number of halogens is 2. The maximum atomic E-state index is 6.04. The molecule has 1 aliphatic heterocycles. The topological polar surface area (TPSA) is 49.0 Å². The number of fused-ring (bicyclic) bond motifs is 1. The predicted molar refractivity (Wildman–Crippen MR) is 116 cm³/mol. The van der Waals surface area contributed by atoms with Crippen molar-refractivity contribution in [2.24, 2.45) is 5.92 Å². The number of rotatable bonds is 8. The van der Waals surface area contributed by atoms with Crippen LogP contribution in [0, 0.1) is 5.92 Å². The highest BCUT2D eigenvalue weighted by Gasteiger charge is 2.15. The highest BCUT2D eigenvalue weighted by Crippen LogP contribution is 2.38. The van der Waals surface area contributed by atoms with E-state index in [1.807, 2.05) is 24.3 Å². The fourth-order valence-corrected chi connectivity index (χ4v) is 3.46. The summed E-state index contributed by atoms with van der Waals surface area (Å²) in [5, 5.41) is 3.44. The number of hydrogen-bond acceptors (Lipinski definition) is 5. The van der Waals surface area contributed by atoms with Crippen LogP contribution in [0.1, 0.15) is 25.0 Å². The molecule has 0 saturated heterocycles. The molecule has 0 atom stereocenters. The molecule has 1 heterocycles. The Kier molecular flexibility index (Phi) is 8.73. The summed E-state index contributed by atoms with van der Waals surface area (Å²) in [6, 6.07) is 9.94. The lowest BCUT2D eigenvalue weighted by Crippen LogP contribution is -2.19. The third-order valence-corrected chi connectivity index (χ3v) is 4.75. The maximum Gasteiger partial charge on any atom is 0.175 e. The normalized spacial score (nSPS) is 12.5. The Balaban J connectivity index is 0.00000280. The molecule has 0 bridgehead atoms. The Labute approximate surface area is 181 Å². The van der Waals surface area contributed by atoms with Gasteiger partial charge in [-0.05, 0) is 63.8 Å². The third-order valence-electron chi connectivity index (χ3n) is 4.16. The van der Waals surface area contributed by atoms with Crippen molar-refractivity contribution >= 4 is 28.3 Å². The largest absolute Gasteiger partial charge is 0.493 e. The van der Waals surface area contributed by atoms with Gasteiger partial charge >= 0.3 is 0 Å². The molecular formula is C21H27BrClNO4. The smallest absolute Gasteiger partial charge is 0.175 e. The average molecular weight is 473 g/mol. The van der Waals surface area contributed by atoms with E-state index in [1.54, 1.807) is 7.11 Å². The number of benzene rings is 2. The summed E-state index contributed by atoms with van der Waals surface area (Å²) >= 11 is 3.62. The van der Waals surface area contributed by atoms with Gasteiger partial charge in [-0.1, -0.05) is 19.9 Å². The second-order valence-corrected chi connectivity index (χ2v) is 7.75. The Morgan fingerprint density at radius 1 is 1.07 bits per heavy atom. The van der Waals surface area contributed by atoms with Crippen LogP contribution >= 0.6 is 28.3 Å². The van der Waals surface area contributed by atoms with Crippen molar-refractivity contribution in [3.8, 4) is 23.0 Å². The maximum absolute atomic E-state index is 6.04. The van der Waals surface area contributed by atoms with E-state index in [9.17, 15) is 0 Å². The van der Waals surface area contributed by atoms with Gasteiger partial charge in [-0.25, -0.2) is 0 Å². The first-order chi connectivity index (χ1) is 13.1. The molecular weight excluding hydrogens is 446 g/mol. The summed E-state index contributed by atoms with van der Waals surface area (Å²) in [4.78, 5) is 0. The van der Waals surface area contributed by atoms with Gasteiger partial charge in [0.1, 0.15) is 19.8 Å². The van der Waals surface area contributed by atoms with E-state index < -0.39 is 0 Å². The van der Waals surface area contributed by atoms with Crippen LogP contribution < -0.4 is 24.3 Å². The van der Waals surface area contributed by atoms with Gasteiger partial charge in [0.15, 0.2) is 23.0 Å². The van der Waals surface area contributed by atoms with Gasteiger partial charge in [0.25, 0.3) is 0 Å². The van der Waals surface area contributed by atoms with Crippen LogP contribution in [-0.4, -0.2) is 26.9 Å². The summed E-state index contributed by atoms with van der Waals surface area (Å²) in [7, 11) is 1.66. The number of nitrogens with one attached hydrogen (secondary N) is 1. The van der Waals surface area contributed by atoms with Gasteiger partial charge in [-0.2, -0.15) is 0 Å². The molecule has 0 amide bonds. The fraction of sp³-hybridized carbons (Fsp3) is 0.429. The summed E-state index contributed by atoms with van der Waals surface area (Å²) < 4.78 is 23.7. The van der Waals surface area contributed by atoms with Crippen molar-refractivity contribution < 1.29 is 18.9 Å². The van der Waals surface area contributed by atoms with E-state index in [4.69, 9.17) is 18.9 Å². The summed E-state index contributed by atoms with van der Waals surface area (Å²) in [6.45, 7) is 7.72. The molecule has 28 heavy (non-hydrogen) atoms. The number of ether oxygens (including phenoxy) is 4. The monoisotopic (exact) mass is 471 g/mol. The minimum absolute atomic E-state index is 0. The highest BCUT2D eigenvalue weighted by molar-refractivity contribution is 9.10. The van der Waals surface area contributed by atoms with Gasteiger partial charge in [0.05, 0.1) is 11.6 Å². The first kappa shape index (κ1) is 22.7. The molecule has 0 radical (unpaired) electrons. The Morgan fingerprint density at radius 2 is 1.82 bits per heavy atom. The Hall–Kier alpha value is -1.63. The van der Waals surface area contributed by atoms with Crippen LogP contribution in [0.5, 0.6) is 23.0 Å².